The van der Waals surface area contributed by atoms with Gasteiger partial charge in [-0.2, -0.15) is 0 Å². The van der Waals surface area contributed by atoms with E-state index in [4.69, 9.17) is 14.6 Å². The number of anilines is 1. The topological polar surface area (TPSA) is 67.8 Å². The number of hydrogen-bond acceptors (Lipinski definition) is 4. The standard InChI is InChI=1S/C14H14FNO4/c15-11-8-10(2-1-5-17)3-4-12(11)16-14(18)13-9-19-6-7-20-13/h3-4,8,13,17H,5-7,9H2,(H,16,18). The highest BCUT2D eigenvalue weighted by Gasteiger charge is 2.23. The van der Waals surface area contributed by atoms with Crippen molar-refractivity contribution in [1.29, 1.82) is 0 Å². The number of hydrogen-bond donors (Lipinski definition) is 2. The van der Waals surface area contributed by atoms with E-state index in [2.05, 4.69) is 17.2 Å². The number of rotatable bonds is 2. The van der Waals surface area contributed by atoms with Crippen molar-refractivity contribution in [3.8, 4) is 11.8 Å². The Morgan fingerprint density at radius 1 is 1.50 bits per heavy atom. The van der Waals surface area contributed by atoms with Crippen LogP contribution in [-0.2, 0) is 14.3 Å². The summed E-state index contributed by atoms with van der Waals surface area (Å²) in [7, 11) is 0. The van der Waals surface area contributed by atoms with Gasteiger partial charge in [0.25, 0.3) is 5.91 Å². The molecule has 0 bridgehead atoms. The summed E-state index contributed by atoms with van der Waals surface area (Å²) in [6, 6.07) is 4.16. The van der Waals surface area contributed by atoms with E-state index in [-0.39, 0.29) is 18.9 Å². The molecule has 20 heavy (non-hydrogen) atoms. The Morgan fingerprint density at radius 3 is 3.00 bits per heavy atom. The van der Waals surface area contributed by atoms with Gasteiger partial charge in [0.05, 0.1) is 25.5 Å². The first kappa shape index (κ1) is 14.5. The lowest BCUT2D eigenvalue weighted by molar-refractivity contribution is -0.142. The van der Waals surface area contributed by atoms with E-state index in [0.29, 0.717) is 18.8 Å². The molecule has 6 heteroatoms. The van der Waals surface area contributed by atoms with Crippen molar-refractivity contribution >= 4 is 11.6 Å². The van der Waals surface area contributed by atoms with Crippen molar-refractivity contribution in [3.63, 3.8) is 0 Å². The summed E-state index contributed by atoms with van der Waals surface area (Å²) in [6.07, 6.45) is -0.725. The van der Waals surface area contributed by atoms with Crippen molar-refractivity contribution in [2.45, 2.75) is 6.10 Å². The zero-order valence-electron chi connectivity index (χ0n) is 10.7. The molecule has 1 fully saturated rings. The zero-order valence-corrected chi connectivity index (χ0v) is 10.7. The molecule has 1 aliphatic rings. The lowest BCUT2D eigenvalue weighted by Crippen LogP contribution is -2.39. The Kier molecular flexibility index (Phi) is 5.07. The van der Waals surface area contributed by atoms with Crippen LogP contribution in [-0.4, -0.2) is 43.5 Å². The third kappa shape index (κ3) is 3.78. The number of benzene rings is 1. The highest BCUT2D eigenvalue weighted by molar-refractivity contribution is 5.94. The van der Waals surface area contributed by atoms with Gasteiger partial charge in [-0.1, -0.05) is 11.8 Å². The van der Waals surface area contributed by atoms with Crippen LogP contribution in [0.25, 0.3) is 0 Å². The van der Waals surface area contributed by atoms with Crippen molar-refractivity contribution in [1.82, 2.24) is 0 Å². The highest BCUT2D eigenvalue weighted by atomic mass is 19.1. The largest absolute Gasteiger partial charge is 0.384 e. The van der Waals surface area contributed by atoms with Gasteiger partial charge in [-0.15, -0.1) is 0 Å². The monoisotopic (exact) mass is 279 g/mol. The fourth-order valence-corrected chi connectivity index (χ4v) is 1.69. The summed E-state index contributed by atoms with van der Waals surface area (Å²) >= 11 is 0. The molecule has 1 amide bonds. The molecule has 1 aromatic rings. The maximum Gasteiger partial charge on any atom is 0.255 e. The molecule has 5 nitrogen and oxygen atoms in total. The van der Waals surface area contributed by atoms with E-state index < -0.39 is 17.8 Å². The van der Waals surface area contributed by atoms with Crippen molar-refractivity contribution in [3.05, 3.63) is 29.6 Å². The Hall–Kier alpha value is -1.94. The Morgan fingerprint density at radius 2 is 2.35 bits per heavy atom. The zero-order chi connectivity index (χ0) is 14.4. The number of carbonyl (C=O) groups excluding carboxylic acids is 1. The summed E-state index contributed by atoms with van der Waals surface area (Å²) in [5.74, 6) is 3.96. The van der Waals surface area contributed by atoms with Crippen molar-refractivity contribution in [2.75, 3.05) is 31.7 Å². The van der Waals surface area contributed by atoms with Crippen LogP contribution in [0.3, 0.4) is 0 Å². The SMILES string of the molecule is O=C(Nc1ccc(C#CCO)cc1F)C1COCCO1. The molecule has 1 heterocycles. The van der Waals surface area contributed by atoms with E-state index in [1.807, 2.05) is 0 Å². The summed E-state index contributed by atoms with van der Waals surface area (Å²) < 4.78 is 24.1. The van der Waals surface area contributed by atoms with Crippen LogP contribution in [0.4, 0.5) is 10.1 Å². The molecule has 1 saturated heterocycles. The van der Waals surface area contributed by atoms with Crippen LogP contribution < -0.4 is 5.32 Å². The molecule has 0 aliphatic carbocycles. The number of aliphatic hydroxyl groups is 1. The van der Waals surface area contributed by atoms with Crippen LogP contribution in [0.15, 0.2) is 18.2 Å². The number of carbonyl (C=O) groups is 1. The second kappa shape index (κ2) is 7.01. The minimum Gasteiger partial charge on any atom is -0.384 e. The fourth-order valence-electron chi connectivity index (χ4n) is 1.69. The van der Waals surface area contributed by atoms with Gasteiger partial charge in [0.15, 0.2) is 6.10 Å². The minimum atomic E-state index is -0.725. The number of halogens is 1. The maximum absolute atomic E-state index is 13.8. The van der Waals surface area contributed by atoms with Crippen molar-refractivity contribution in [2.24, 2.45) is 0 Å². The quantitative estimate of drug-likeness (QED) is 0.775. The summed E-state index contributed by atoms with van der Waals surface area (Å²) in [4.78, 5) is 11.8. The molecule has 2 rings (SSSR count). The van der Waals surface area contributed by atoms with Gasteiger partial charge >= 0.3 is 0 Å². The van der Waals surface area contributed by atoms with Crippen LogP contribution in [0.5, 0.6) is 0 Å². The maximum atomic E-state index is 13.8. The second-order valence-electron chi connectivity index (χ2n) is 4.08. The molecule has 0 spiro atoms. The van der Waals surface area contributed by atoms with Gasteiger partial charge in [-0.05, 0) is 18.2 Å². The van der Waals surface area contributed by atoms with Gasteiger partial charge < -0.3 is 19.9 Å². The number of amides is 1. The average Bonchev–Trinajstić information content (AvgIpc) is 2.48. The summed E-state index contributed by atoms with van der Waals surface area (Å²) in [6.45, 7) is 0.666. The first-order chi connectivity index (χ1) is 9.70. The number of ether oxygens (including phenoxy) is 2. The Balaban J connectivity index is 2.03. The van der Waals surface area contributed by atoms with E-state index in [9.17, 15) is 9.18 Å². The Labute approximate surface area is 115 Å². The number of aliphatic hydroxyl groups excluding tert-OH is 1. The minimum absolute atomic E-state index is 0.0544. The summed E-state index contributed by atoms with van der Waals surface area (Å²) in [5, 5.41) is 11.0. The normalized spacial score (nSPS) is 18.0. The van der Waals surface area contributed by atoms with E-state index >= 15 is 0 Å². The van der Waals surface area contributed by atoms with Crippen LogP contribution in [0.2, 0.25) is 0 Å². The molecule has 1 unspecified atom stereocenters. The molecule has 1 atom stereocenters. The van der Waals surface area contributed by atoms with E-state index in [0.717, 1.165) is 0 Å². The predicted octanol–water partition coefficient (Wildman–Crippen LogP) is 0.523. The molecule has 2 N–H and O–H groups in total. The third-order valence-electron chi connectivity index (χ3n) is 2.65. The lowest BCUT2D eigenvalue weighted by atomic mass is 10.2. The molecule has 0 aromatic heterocycles. The van der Waals surface area contributed by atoms with E-state index in [1.165, 1.54) is 12.1 Å². The van der Waals surface area contributed by atoms with E-state index in [1.54, 1.807) is 6.07 Å². The van der Waals surface area contributed by atoms with Gasteiger partial charge in [-0.3, -0.25) is 4.79 Å². The van der Waals surface area contributed by atoms with Crippen LogP contribution in [0.1, 0.15) is 5.56 Å². The first-order valence-corrected chi connectivity index (χ1v) is 6.10. The number of nitrogens with one attached hydrogen (secondary N) is 1. The Bertz CT molecular complexity index is 544. The summed E-state index contributed by atoms with van der Waals surface area (Å²) in [5.41, 5.74) is 0.477. The van der Waals surface area contributed by atoms with Crippen LogP contribution in [0, 0.1) is 17.7 Å². The smallest absolute Gasteiger partial charge is 0.255 e. The molecule has 1 aromatic carbocycles. The van der Waals surface area contributed by atoms with Gasteiger partial charge in [0.2, 0.25) is 0 Å². The first-order valence-electron chi connectivity index (χ1n) is 6.10. The average molecular weight is 279 g/mol. The van der Waals surface area contributed by atoms with Gasteiger partial charge in [0.1, 0.15) is 12.4 Å². The van der Waals surface area contributed by atoms with Gasteiger partial charge in [-0.25, -0.2) is 4.39 Å². The second-order valence-corrected chi connectivity index (χ2v) is 4.08. The molecule has 0 radical (unpaired) electrons. The third-order valence-corrected chi connectivity index (χ3v) is 2.65. The molecular formula is C14H14FNO4. The van der Waals surface area contributed by atoms with Gasteiger partial charge in [0, 0.05) is 5.56 Å². The van der Waals surface area contributed by atoms with Crippen molar-refractivity contribution < 1.29 is 23.8 Å². The predicted molar refractivity (Wildman–Crippen MR) is 69.6 cm³/mol. The highest BCUT2D eigenvalue weighted by Crippen LogP contribution is 2.16. The molecule has 106 valence electrons. The van der Waals surface area contributed by atoms with Crippen LogP contribution >= 0.6 is 0 Å². The fraction of sp³-hybridized carbons (Fsp3) is 0.357. The molecular weight excluding hydrogens is 265 g/mol. The molecule has 1 aliphatic heterocycles. The molecule has 0 saturated carbocycles. The lowest BCUT2D eigenvalue weighted by Gasteiger charge is -2.22.